The van der Waals surface area contributed by atoms with Crippen LogP contribution in [0, 0.1) is 11.8 Å². The van der Waals surface area contributed by atoms with Crippen LogP contribution in [0.3, 0.4) is 0 Å². The predicted molar refractivity (Wildman–Crippen MR) is 118 cm³/mol. The molecule has 1 aliphatic rings. The first-order valence-electron chi connectivity index (χ1n) is 9.96. The van der Waals surface area contributed by atoms with Crippen molar-refractivity contribution in [2.45, 2.75) is 83.8 Å². The molecule has 142 valence electrons. The van der Waals surface area contributed by atoms with Crippen LogP contribution in [-0.2, 0) is 0 Å². The van der Waals surface area contributed by atoms with Crippen LogP contribution in [-0.4, -0.2) is 22.0 Å². The summed E-state index contributed by atoms with van der Waals surface area (Å²) in [5.41, 5.74) is 3.19. The van der Waals surface area contributed by atoms with Gasteiger partial charge in [-0.3, -0.25) is 0 Å². The molecule has 0 radical (unpaired) electrons. The number of rotatable bonds is 5. The van der Waals surface area contributed by atoms with E-state index in [1.54, 1.807) is 0 Å². The highest BCUT2D eigenvalue weighted by Gasteiger charge is 2.52. The molecule has 0 aliphatic heterocycles. The van der Waals surface area contributed by atoms with E-state index in [9.17, 15) is 0 Å². The Morgan fingerprint density at radius 1 is 0.920 bits per heavy atom. The molecule has 4 unspecified atom stereocenters. The zero-order valence-electron chi connectivity index (χ0n) is 17.9. The third-order valence-electron chi connectivity index (χ3n) is 6.14. The summed E-state index contributed by atoms with van der Waals surface area (Å²) in [5, 5.41) is 0. The number of nitrogens with one attached hydrogen (secondary N) is 2. The van der Waals surface area contributed by atoms with E-state index in [0.29, 0.717) is 0 Å². The molecule has 1 fully saturated rings. The Bertz CT molecular complexity index is 563. The van der Waals surface area contributed by atoms with Crippen LogP contribution < -0.4 is 9.96 Å². The normalized spacial score (nSPS) is 28.2. The zero-order valence-corrected chi connectivity index (χ0v) is 19.9. The number of hydrogen-bond acceptors (Lipinski definition) is 2. The van der Waals surface area contributed by atoms with Crippen molar-refractivity contribution in [3.63, 3.8) is 0 Å². The average Bonchev–Trinajstić information content (AvgIpc) is 2.73. The quantitative estimate of drug-likeness (QED) is 0.588. The summed E-state index contributed by atoms with van der Waals surface area (Å²) >= 11 is 0. The van der Waals surface area contributed by atoms with Gasteiger partial charge in [-0.2, -0.15) is 0 Å². The Morgan fingerprint density at radius 3 is 2.00 bits per heavy atom. The molecular formula is C21H40N2Si2. The van der Waals surface area contributed by atoms with E-state index < -0.39 is 16.5 Å². The van der Waals surface area contributed by atoms with Crippen LogP contribution in [0.4, 0.5) is 5.69 Å². The van der Waals surface area contributed by atoms with E-state index in [2.05, 4.69) is 101 Å². The Balaban J connectivity index is 2.19. The molecule has 0 aromatic heterocycles. The summed E-state index contributed by atoms with van der Waals surface area (Å²) in [6.07, 6.45) is 1.38. The van der Waals surface area contributed by atoms with Crippen molar-refractivity contribution >= 4 is 22.2 Å². The molecule has 0 bridgehead atoms. The van der Waals surface area contributed by atoms with Gasteiger partial charge in [0.2, 0.25) is 0 Å². The second kappa shape index (κ2) is 7.20. The first-order valence-corrected chi connectivity index (χ1v) is 16.1. The van der Waals surface area contributed by atoms with Crippen molar-refractivity contribution in [3.8, 4) is 0 Å². The second-order valence-corrected chi connectivity index (χ2v) is 19.3. The minimum Gasteiger partial charge on any atom is -0.410 e. The van der Waals surface area contributed by atoms with E-state index in [1.165, 1.54) is 12.1 Å². The standard InChI is InChI=1S/C21H40N2Si2/c1-16-15-19(24(6,7)22-18-13-11-10-12-14-18)17(2)20(16)25(8,9)23-21(3,4)5/h10-14,16-17,19-20,22-23H,15H2,1-9H3. The van der Waals surface area contributed by atoms with Crippen molar-refractivity contribution in [1.29, 1.82) is 0 Å². The summed E-state index contributed by atoms with van der Waals surface area (Å²) in [5.74, 6) is 1.62. The minimum absolute atomic E-state index is 0.211. The van der Waals surface area contributed by atoms with Gasteiger partial charge >= 0.3 is 0 Å². The van der Waals surface area contributed by atoms with Crippen molar-refractivity contribution in [2.75, 3.05) is 4.98 Å². The van der Waals surface area contributed by atoms with E-state index in [-0.39, 0.29) is 5.54 Å². The molecule has 2 nitrogen and oxygen atoms in total. The van der Waals surface area contributed by atoms with Gasteiger partial charge in [-0.1, -0.05) is 58.2 Å². The van der Waals surface area contributed by atoms with Gasteiger partial charge in [0.15, 0.2) is 8.24 Å². The van der Waals surface area contributed by atoms with Crippen LogP contribution in [0.5, 0.6) is 0 Å². The highest BCUT2D eigenvalue weighted by Crippen LogP contribution is 2.56. The van der Waals surface area contributed by atoms with Crippen LogP contribution in [0.2, 0.25) is 37.3 Å². The second-order valence-electron chi connectivity index (χ2n) is 10.5. The maximum atomic E-state index is 4.05. The molecule has 2 rings (SSSR count). The fourth-order valence-electron chi connectivity index (χ4n) is 5.89. The van der Waals surface area contributed by atoms with Crippen molar-refractivity contribution < 1.29 is 0 Å². The van der Waals surface area contributed by atoms with E-state index in [0.717, 1.165) is 22.9 Å². The SMILES string of the molecule is CC1CC([Si](C)(C)Nc2ccccc2)C(C)C1[Si](C)(C)NC(C)(C)C. The largest absolute Gasteiger partial charge is 0.410 e. The highest BCUT2D eigenvalue weighted by molar-refractivity contribution is 6.82. The van der Waals surface area contributed by atoms with Gasteiger partial charge in [-0.05, 0) is 62.2 Å². The number of hydrogen-bond donors (Lipinski definition) is 2. The first-order chi connectivity index (χ1) is 11.3. The van der Waals surface area contributed by atoms with Crippen molar-refractivity contribution in [1.82, 2.24) is 4.98 Å². The number of para-hydroxylation sites is 1. The molecule has 1 aromatic rings. The molecule has 0 heterocycles. The molecule has 1 aliphatic carbocycles. The molecule has 1 aromatic carbocycles. The fourth-order valence-corrected chi connectivity index (χ4v) is 14.9. The van der Waals surface area contributed by atoms with Crippen LogP contribution in [0.1, 0.15) is 41.0 Å². The van der Waals surface area contributed by atoms with Gasteiger partial charge in [-0.25, -0.2) is 0 Å². The Hall–Kier alpha value is -0.586. The van der Waals surface area contributed by atoms with E-state index in [1.807, 2.05) is 0 Å². The molecule has 4 heteroatoms. The van der Waals surface area contributed by atoms with E-state index >= 15 is 0 Å². The lowest BCUT2D eigenvalue weighted by atomic mass is 10.1. The lowest BCUT2D eigenvalue weighted by Gasteiger charge is -2.43. The average molecular weight is 377 g/mol. The monoisotopic (exact) mass is 376 g/mol. The molecule has 0 saturated heterocycles. The highest BCUT2D eigenvalue weighted by atomic mass is 28.3. The lowest BCUT2D eigenvalue weighted by Crippen LogP contribution is -2.58. The molecule has 2 N–H and O–H groups in total. The van der Waals surface area contributed by atoms with Gasteiger partial charge in [0.25, 0.3) is 0 Å². The maximum Gasteiger partial charge on any atom is 0.150 e. The Morgan fingerprint density at radius 2 is 1.48 bits per heavy atom. The lowest BCUT2D eigenvalue weighted by molar-refractivity contribution is 0.469. The molecule has 1 saturated carbocycles. The van der Waals surface area contributed by atoms with Gasteiger partial charge in [-0.15, -0.1) is 0 Å². The molecule has 0 amide bonds. The summed E-state index contributed by atoms with van der Waals surface area (Å²) < 4.78 is 0. The van der Waals surface area contributed by atoms with Gasteiger partial charge in [0.1, 0.15) is 8.24 Å². The smallest absolute Gasteiger partial charge is 0.150 e. The fraction of sp³-hybridized carbons (Fsp3) is 0.714. The van der Waals surface area contributed by atoms with E-state index in [4.69, 9.17) is 0 Å². The van der Waals surface area contributed by atoms with Crippen LogP contribution in [0.15, 0.2) is 30.3 Å². The number of benzene rings is 1. The topological polar surface area (TPSA) is 24.1 Å². The molecule has 25 heavy (non-hydrogen) atoms. The zero-order chi connectivity index (χ0) is 19.0. The third-order valence-corrected chi connectivity index (χ3v) is 13.8. The Kier molecular flexibility index (Phi) is 5.97. The molecule has 0 spiro atoms. The van der Waals surface area contributed by atoms with Gasteiger partial charge < -0.3 is 9.96 Å². The predicted octanol–water partition coefficient (Wildman–Crippen LogP) is 6.31. The first kappa shape index (κ1) is 20.7. The van der Waals surface area contributed by atoms with Gasteiger partial charge in [0, 0.05) is 11.2 Å². The molecule has 4 atom stereocenters. The maximum absolute atomic E-state index is 4.05. The Labute approximate surface area is 158 Å². The molecular weight excluding hydrogens is 336 g/mol. The summed E-state index contributed by atoms with van der Waals surface area (Å²) in [4.78, 5) is 8.02. The van der Waals surface area contributed by atoms with Crippen LogP contribution >= 0.6 is 0 Å². The van der Waals surface area contributed by atoms with Gasteiger partial charge in [0.05, 0.1) is 0 Å². The summed E-state index contributed by atoms with van der Waals surface area (Å²) in [6, 6.07) is 10.8. The summed E-state index contributed by atoms with van der Waals surface area (Å²) in [7, 11) is -3.05. The third kappa shape index (κ3) is 4.98. The summed E-state index contributed by atoms with van der Waals surface area (Å²) in [6.45, 7) is 22.2. The van der Waals surface area contributed by atoms with Crippen molar-refractivity contribution in [3.05, 3.63) is 30.3 Å². The van der Waals surface area contributed by atoms with Crippen LogP contribution in [0.25, 0.3) is 0 Å². The number of anilines is 1. The minimum atomic E-state index is -1.55. The van der Waals surface area contributed by atoms with Crippen molar-refractivity contribution in [2.24, 2.45) is 11.8 Å².